The largest absolute Gasteiger partial charge is 0.299 e. The molecule has 0 saturated carbocycles. The zero-order valence-electron chi connectivity index (χ0n) is 10.4. The SMILES string of the molecule is CC(NC1CCC(=O)NC1=O)c1cc(F)cc(F)c1. The van der Waals surface area contributed by atoms with Crippen molar-refractivity contribution >= 4 is 11.8 Å². The summed E-state index contributed by atoms with van der Waals surface area (Å²) >= 11 is 0. The molecule has 1 saturated heterocycles. The molecule has 19 heavy (non-hydrogen) atoms. The molecule has 1 fully saturated rings. The van der Waals surface area contributed by atoms with E-state index in [1.165, 1.54) is 12.1 Å². The van der Waals surface area contributed by atoms with Gasteiger partial charge in [-0.25, -0.2) is 8.78 Å². The highest BCUT2D eigenvalue weighted by molar-refractivity contribution is 6.00. The fraction of sp³-hybridized carbons (Fsp3) is 0.385. The second kappa shape index (κ2) is 5.44. The van der Waals surface area contributed by atoms with Crippen LogP contribution in [0.15, 0.2) is 18.2 Å². The summed E-state index contributed by atoms with van der Waals surface area (Å²) in [7, 11) is 0. The summed E-state index contributed by atoms with van der Waals surface area (Å²) < 4.78 is 26.2. The van der Waals surface area contributed by atoms with Crippen LogP contribution in [-0.4, -0.2) is 17.9 Å². The number of imide groups is 1. The molecule has 1 aliphatic rings. The maximum Gasteiger partial charge on any atom is 0.243 e. The molecular weight excluding hydrogens is 254 g/mol. The lowest BCUT2D eigenvalue weighted by Gasteiger charge is -2.25. The molecule has 0 bridgehead atoms. The number of halogens is 2. The van der Waals surface area contributed by atoms with Crippen LogP contribution >= 0.6 is 0 Å². The number of carbonyl (C=O) groups is 2. The number of amides is 2. The molecule has 102 valence electrons. The third kappa shape index (κ3) is 3.35. The summed E-state index contributed by atoms with van der Waals surface area (Å²) in [5.41, 5.74) is 0.419. The molecule has 0 aliphatic carbocycles. The first-order chi connectivity index (χ1) is 8.95. The third-order valence-electron chi connectivity index (χ3n) is 3.08. The first-order valence-corrected chi connectivity index (χ1v) is 6.01. The minimum Gasteiger partial charge on any atom is -0.299 e. The maximum atomic E-state index is 13.1. The number of piperidine rings is 1. The number of rotatable bonds is 3. The summed E-state index contributed by atoms with van der Waals surface area (Å²) in [6.45, 7) is 1.71. The molecule has 1 aliphatic heterocycles. The van der Waals surface area contributed by atoms with Gasteiger partial charge in [-0.05, 0) is 31.0 Å². The van der Waals surface area contributed by atoms with E-state index in [9.17, 15) is 18.4 Å². The molecular formula is C13H14F2N2O2. The van der Waals surface area contributed by atoms with Gasteiger partial charge in [0.25, 0.3) is 0 Å². The summed E-state index contributed by atoms with van der Waals surface area (Å²) in [5, 5.41) is 5.18. The van der Waals surface area contributed by atoms with Gasteiger partial charge in [0, 0.05) is 18.5 Å². The molecule has 6 heteroatoms. The van der Waals surface area contributed by atoms with Crippen LogP contribution < -0.4 is 10.6 Å². The van der Waals surface area contributed by atoms with Gasteiger partial charge in [0.15, 0.2) is 0 Å². The van der Waals surface area contributed by atoms with Crippen LogP contribution in [-0.2, 0) is 9.59 Å². The second-order valence-electron chi connectivity index (χ2n) is 4.59. The van der Waals surface area contributed by atoms with Gasteiger partial charge in [0.2, 0.25) is 11.8 Å². The van der Waals surface area contributed by atoms with E-state index in [4.69, 9.17) is 0 Å². The number of hydrogen-bond acceptors (Lipinski definition) is 3. The van der Waals surface area contributed by atoms with Crippen LogP contribution in [0.1, 0.15) is 31.4 Å². The molecule has 1 aromatic carbocycles. The fourth-order valence-electron chi connectivity index (χ4n) is 2.08. The summed E-state index contributed by atoms with van der Waals surface area (Å²) in [6.07, 6.45) is 0.639. The third-order valence-corrected chi connectivity index (χ3v) is 3.08. The van der Waals surface area contributed by atoms with Crippen molar-refractivity contribution in [2.75, 3.05) is 0 Å². The Kier molecular flexibility index (Phi) is 3.90. The van der Waals surface area contributed by atoms with Crippen LogP contribution in [0.4, 0.5) is 8.78 Å². The van der Waals surface area contributed by atoms with Crippen molar-refractivity contribution in [2.24, 2.45) is 0 Å². The minimum atomic E-state index is -0.660. The van der Waals surface area contributed by atoms with Crippen molar-refractivity contribution < 1.29 is 18.4 Å². The molecule has 2 unspecified atom stereocenters. The summed E-state index contributed by atoms with van der Waals surface area (Å²) in [4.78, 5) is 22.6. The van der Waals surface area contributed by atoms with Gasteiger partial charge in [0.1, 0.15) is 11.6 Å². The van der Waals surface area contributed by atoms with E-state index in [-0.39, 0.29) is 12.3 Å². The van der Waals surface area contributed by atoms with Gasteiger partial charge in [-0.3, -0.25) is 20.2 Å². The lowest BCUT2D eigenvalue weighted by Crippen LogP contribution is -2.51. The highest BCUT2D eigenvalue weighted by Gasteiger charge is 2.27. The normalized spacial score (nSPS) is 21.1. The Bertz CT molecular complexity index is 499. The van der Waals surface area contributed by atoms with Crippen LogP contribution in [0.3, 0.4) is 0 Å². The molecule has 0 radical (unpaired) electrons. The lowest BCUT2D eigenvalue weighted by molar-refractivity contribution is -0.134. The standard InChI is InChI=1S/C13H14F2N2O2/c1-7(8-4-9(14)6-10(15)5-8)16-11-2-3-12(18)17-13(11)19/h4-7,11,16H,2-3H2,1H3,(H,17,18,19). The topological polar surface area (TPSA) is 58.2 Å². The average Bonchev–Trinajstić information content (AvgIpc) is 2.31. The average molecular weight is 268 g/mol. The van der Waals surface area contributed by atoms with Crippen molar-refractivity contribution in [1.82, 2.24) is 10.6 Å². The predicted molar refractivity (Wildman–Crippen MR) is 64.1 cm³/mol. The molecule has 1 heterocycles. The molecule has 2 amide bonds. The monoisotopic (exact) mass is 268 g/mol. The second-order valence-corrected chi connectivity index (χ2v) is 4.59. The van der Waals surface area contributed by atoms with E-state index < -0.39 is 29.6 Å². The first-order valence-electron chi connectivity index (χ1n) is 6.01. The van der Waals surface area contributed by atoms with Crippen molar-refractivity contribution in [3.05, 3.63) is 35.4 Å². The number of benzene rings is 1. The van der Waals surface area contributed by atoms with Crippen LogP contribution in [0.5, 0.6) is 0 Å². The van der Waals surface area contributed by atoms with Crippen molar-refractivity contribution in [3.63, 3.8) is 0 Å². The highest BCUT2D eigenvalue weighted by atomic mass is 19.1. The molecule has 1 aromatic rings. The molecule has 2 atom stereocenters. The van der Waals surface area contributed by atoms with E-state index in [1.807, 2.05) is 0 Å². The number of carbonyl (C=O) groups excluding carboxylic acids is 2. The van der Waals surface area contributed by atoms with Crippen molar-refractivity contribution in [2.45, 2.75) is 31.8 Å². The van der Waals surface area contributed by atoms with Crippen LogP contribution in [0.25, 0.3) is 0 Å². The van der Waals surface area contributed by atoms with Crippen LogP contribution in [0.2, 0.25) is 0 Å². The highest BCUT2D eigenvalue weighted by Crippen LogP contribution is 2.18. The molecule has 0 spiro atoms. The van der Waals surface area contributed by atoms with Gasteiger partial charge in [-0.1, -0.05) is 0 Å². The first kappa shape index (κ1) is 13.6. The summed E-state index contributed by atoms with van der Waals surface area (Å²) in [6, 6.07) is 2.30. The van der Waals surface area contributed by atoms with E-state index in [0.717, 1.165) is 6.07 Å². The minimum absolute atomic E-state index is 0.258. The predicted octanol–water partition coefficient (Wildman–Crippen LogP) is 1.42. The van der Waals surface area contributed by atoms with E-state index in [0.29, 0.717) is 12.0 Å². The lowest BCUT2D eigenvalue weighted by atomic mass is 10.0. The van der Waals surface area contributed by atoms with Gasteiger partial charge in [0.05, 0.1) is 6.04 Å². The Balaban J connectivity index is 2.06. The Labute approximate surface area is 109 Å². The Hall–Kier alpha value is -1.82. The number of nitrogens with one attached hydrogen (secondary N) is 2. The Morgan fingerprint density at radius 2 is 1.89 bits per heavy atom. The zero-order chi connectivity index (χ0) is 14.0. The van der Waals surface area contributed by atoms with Gasteiger partial charge in [-0.2, -0.15) is 0 Å². The Morgan fingerprint density at radius 3 is 2.47 bits per heavy atom. The van der Waals surface area contributed by atoms with Gasteiger partial charge in [-0.15, -0.1) is 0 Å². The van der Waals surface area contributed by atoms with Crippen molar-refractivity contribution in [3.8, 4) is 0 Å². The smallest absolute Gasteiger partial charge is 0.243 e. The summed E-state index contributed by atoms with van der Waals surface area (Å²) in [5.74, 6) is -2.02. The molecule has 2 N–H and O–H groups in total. The molecule has 4 nitrogen and oxygen atoms in total. The molecule has 2 rings (SSSR count). The maximum absolute atomic E-state index is 13.1. The van der Waals surface area contributed by atoms with E-state index in [2.05, 4.69) is 10.6 Å². The van der Waals surface area contributed by atoms with E-state index in [1.54, 1.807) is 6.92 Å². The van der Waals surface area contributed by atoms with E-state index >= 15 is 0 Å². The quantitative estimate of drug-likeness (QED) is 0.815. The van der Waals surface area contributed by atoms with Gasteiger partial charge < -0.3 is 0 Å². The van der Waals surface area contributed by atoms with Gasteiger partial charge >= 0.3 is 0 Å². The Morgan fingerprint density at radius 1 is 1.26 bits per heavy atom. The van der Waals surface area contributed by atoms with Crippen LogP contribution in [0, 0.1) is 11.6 Å². The van der Waals surface area contributed by atoms with Crippen molar-refractivity contribution in [1.29, 1.82) is 0 Å². The number of hydrogen-bond donors (Lipinski definition) is 2. The zero-order valence-corrected chi connectivity index (χ0v) is 10.4. The molecule has 0 aromatic heterocycles. The fourth-order valence-corrected chi connectivity index (χ4v) is 2.08.